The minimum Gasteiger partial charge on any atom is -0.493 e. The molecule has 1 amide bonds. The van der Waals surface area contributed by atoms with Crippen LogP contribution in [0.25, 0.3) is 0 Å². The van der Waals surface area contributed by atoms with Gasteiger partial charge in [-0.15, -0.1) is 0 Å². The Kier molecular flexibility index (Phi) is 1.75. The van der Waals surface area contributed by atoms with Gasteiger partial charge in [0.15, 0.2) is 0 Å². The van der Waals surface area contributed by atoms with E-state index in [0.29, 0.717) is 5.92 Å². The fourth-order valence-electron chi connectivity index (χ4n) is 2.45. The molecule has 2 N–H and O–H groups in total. The Morgan fingerprint density at radius 1 is 1.47 bits per heavy atom. The number of primary amides is 1. The molecule has 1 aliphatic carbocycles. The zero-order valence-electron chi connectivity index (χ0n) is 8.40. The lowest BCUT2D eigenvalue weighted by molar-refractivity contribution is -0.119. The van der Waals surface area contributed by atoms with Crippen molar-refractivity contribution in [2.24, 2.45) is 11.7 Å². The molecule has 3 nitrogen and oxygen atoms in total. The maximum atomic E-state index is 11.0. The molecule has 1 aromatic carbocycles. The number of hydrogen-bond acceptors (Lipinski definition) is 2. The minimum atomic E-state index is -0.170. The molecule has 2 aliphatic rings. The van der Waals surface area contributed by atoms with Crippen LogP contribution in [0, 0.1) is 5.92 Å². The van der Waals surface area contributed by atoms with E-state index in [4.69, 9.17) is 10.5 Å². The average molecular weight is 203 g/mol. The van der Waals surface area contributed by atoms with Crippen LogP contribution in [-0.2, 0) is 11.2 Å². The minimum absolute atomic E-state index is 0.0529. The Hall–Kier alpha value is -1.51. The number of benzene rings is 1. The maximum absolute atomic E-state index is 11.0. The number of nitrogens with two attached hydrogens (primary N) is 1. The molecule has 0 radical (unpaired) electrons. The van der Waals surface area contributed by atoms with Gasteiger partial charge in [0.05, 0.1) is 6.61 Å². The van der Waals surface area contributed by atoms with Crippen molar-refractivity contribution in [1.82, 2.24) is 0 Å². The van der Waals surface area contributed by atoms with Gasteiger partial charge in [0, 0.05) is 17.9 Å². The van der Waals surface area contributed by atoms with Crippen LogP contribution >= 0.6 is 0 Å². The molecule has 3 heteroatoms. The summed E-state index contributed by atoms with van der Waals surface area (Å²) in [5, 5.41) is 0. The molecule has 15 heavy (non-hydrogen) atoms. The largest absolute Gasteiger partial charge is 0.493 e. The lowest BCUT2D eigenvalue weighted by Gasteiger charge is -2.05. The van der Waals surface area contributed by atoms with Gasteiger partial charge in [0.1, 0.15) is 5.75 Å². The molecule has 1 aliphatic heterocycles. The van der Waals surface area contributed by atoms with Crippen molar-refractivity contribution in [2.45, 2.75) is 18.8 Å². The first-order valence-corrected chi connectivity index (χ1v) is 5.31. The van der Waals surface area contributed by atoms with Crippen LogP contribution < -0.4 is 10.5 Å². The smallest absolute Gasteiger partial charge is 0.221 e. The molecule has 0 aromatic heterocycles. The summed E-state index contributed by atoms with van der Waals surface area (Å²) in [5.74, 6) is 1.22. The zero-order chi connectivity index (χ0) is 10.4. The van der Waals surface area contributed by atoms with Crippen molar-refractivity contribution < 1.29 is 9.53 Å². The van der Waals surface area contributed by atoms with Crippen LogP contribution in [0.1, 0.15) is 23.5 Å². The molecule has 2 atom stereocenters. The fourth-order valence-corrected chi connectivity index (χ4v) is 2.45. The van der Waals surface area contributed by atoms with Crippen molar-refractivity contribution in [1.29, 1.82) is 0 Å². The number of fused-ring (bicyclic) bond motifs is 1. The van der Waals surface area contributed by atoms with Gasteiger partial charge in [-0.05, 0) is 24.0 Å². The summed E-state index contributed by atoms with van der Waals surface area (Å²) in [6.07, 6.45) is 1.87. The van der Waals surface area contributed by atoms with E-state index in [9.17, 15) is 4.79 Å². The van der Waals surface area contributed by atoms with E-state index >= 15 is 0 Å². The van der Waals surface area contributed by atoms with Crippen LogP contribution in [0.2, 0.25) is 0 Å². The molecule has 3 rings (SSSR count). The van der Waals surface area contributed by atoms with Gasteiger partial charge in [0.25, 0.3) is 0 Å². The van der Waals surface area contributed by atoms with Crippen molar-refractivity contribution in [3.8, 4) is 5.75 Å². The first-order chi connectivity index (χ1) is 7.27. The fraction of sp³-hybridized carbons (Fsp3) is 0.417. The van der Waals surface area contributed by atoms with Gasteiger partial charge in [-0.25, -0.2) is 0 Å². The third-order valence-electron chi connectivity index (χ3n) is 3.33. The van der Waals surface area contributed by atoms with E-state index in [1.807, 2.05) is 12.1 Å². The standard InChI is InChI=1S/C12H13NO2/c13-12(14)10-6-9(10)7-2-1-3-11-8(7)4-5-15-11/h1-3,9-10H,4-6H2,(H2,13,14)/t9-,10+/m0/s1. The Labute approximate surface area is 88.2 Å². The van der Waals surface area contributed by atoms with Gasteiger partial charge in [-0.1, -0.05) is 12.1 Å². The second-order valence-electron chi connectivity index (χ2n) is 4.27. The highest BCUT2D eigenvalue weighted by Crippen LogP contribution is 2.50. The highest BCUT2D eigenvalue weighted by atomic mass is 16.5. The van der Waals surface area contributed by atoms with Gasteiger partial charge in [-0.3, -0.25) is 4.79 Å². The third kappa shape index (κ3) is 1.30. The van der Waals surface area contributed by atoms with E-state index < -0.39 is 0 Å². The predicted molar refractivity (Wildman–Crippen MR) is 55.7 cm³/mol. The predicted octanol–water partition coefficient (Wildman–Crippen LogP) is 1.21. The summed E-state index contributed by atoms with van der Waals surface area (Å²) in [6.45, 7) is 0.764. The number of rotatable bonds is 2. The van der Waals surface area contributed by atoms with Gasteiger partial charge in [0.2, 0.25) is 5.91 Å². The van der Waals surface area contributed by atoms with Crippen LogP contribution in [0.4, 0.5) is 0 Å². The van der Waals surface area contributed by atoms with Crippen LogP contribution in [0.3, 0.4) is 0 Å². The Balaban J connectivity index is 1.94. The van der Waals surface area contributed by atoms with Crippen LogP contribution in [0.5, 0.6) is 5.75 Å². The molecular weight excluding hydrogens is 190 g/mol. The SMILES string of the molecule is NC(=O)[C@@H]1C[C@H]1c1cccc2c1CCO2. The Morgan fingerprint density at radius 2 is 2.33 bits per heavy atom. The molecule has 0 unspecified atom stereocenters. The van der Waals surface area contributed by atoms with Crippen molar-refractivity contribution in [2.75, 3.05) is 6.61 Å². The number of amides is 1. The van der Waals surface area contributed by atoms with E-state index in [1.54, 1.807) is 0 Å². The van der Waals surface area contributed by atoms with E-state index in [2.05, 4.69) is 6.07 Å². The first-order valence-electron chi connectivity index (χ1n) is 5.31. The summed E-state index contributed by atoms with van der Waals surface area (Å²) >= 11 is 0. The van der Waals surface area contributed by atoms with Crippen LogP contribution in [-0.4, -0.2) is 12.5 Å². The van der Waals surface area contributed by atoms with Gasteiger partial charge in [-0.2, -0.15) is 0 Å². The summed E-state index contributed by atoms with van der Waals surface area (Å²) < 4.78 is 5.50. The lowest BCUT2D eigenvalue weighted by Crippen LogP contribution is -2.13. The first kappa shape index (κ1) is 8.77. The van der Waals surface area contributed by atoms with E-state index in [-0.39, 0.29) is 11.8 Å². The Bertz CT molecular complexity index is 428. The highest BCUT2D eigenvalue weighted by molar-refractivity contribution is 5.81. The Morgan fingerprint density at radius 3 is 3.07 bits per heavy atom. The molecule has 1 saturated carbocycles. The molecule has 0 bridgehead atoms. The second-order valence-corrected chi connectivity index (χ2v) is 4.27. The van der Waals surface area contributed by atoms with Crippen LogP contribution in [0.15, 0.2) is 18.2 Å². The average Bonchev–Trinajstić information content (AvgIpc) is 2.87. The summed E-state index contributed by atoms with van der Waals surface area (Å²) in [7, 11) is 0. The van der Waals surface area contributed by atoms with E-state index in [0.717, 1.165) is 25.2 Å². The normalized spacial score (nSPS) is 26.9. The van der Waals surface area contributed by atoms with Crippen molar-refractivity contribution in [3.05, 3.63) is 29.3 Å². The molecule has 1 fully saturated rings. The monoisotopic (exact) mass is 203 g/mol. The quantitative estimate of drug-likeness (QED) is 0.785. The molecule has 0 saturated heterocycles. The topological polar surface area (TPSA) is 52.3 Å². The molecule has 1 heterocycles. The highest BCUT2D eigenvalue weighted by Gasteiger charge is 2.44. The number of hydrogen-bond donors (Lipinski definition) is 1. The molecule has 0 spiro atoms. The summed E-state index contributed by atoms with van der Waals surface area (Å²) in [6, 6.07) is 6.09. The number of ether oxygens (including phenoxy) is 1. The van der Waals surface area contributed by atoms with E-state index in [1.165, 1.54) is 11.1 Å². The lowest BCUT2D eigenvalue weighted by atomic mass is 10.00. The summed E-state index contributed by atoms with van der Waals surface area (Å²) in [4.78, 5) is 11.0. The molecular formula is C12H13NO2. The maximum Gasteiger partial charge on any atom is 0.221 e. The molecule has 1 aromatic rings. The zero-order valence-corrected chi connectivity index (χ0v) is 8.40. The van der Waals surface area contributed by atoms with Gasteiger partial charge < -0.3 is 10.5 Å². The second kappa shape index (κ2) is 2.99. The van der Waals surface area contributed by atoms with Gasteiger partial charge >= 0.3 is 0 Å². The van der Waals surface area contributed by atoms with Crippen molar-refractivity contribution in [3.63, 3.8) is 0 Å². The molecule has 78 valence electrons. The number of carbonyl (C=O) groups excluding carboxylic acids is 1. The third-order valence-corrected chi connectivity index (χ3v) is 3.33. The number of carbonyl (C=O) groups is 1. The van der Waals surface area contributed by atoms with Crippen molar-refractivity contribution >= 4 is 5.91 Å². The summed E-state index contributed by atoms with van der Waals surface area (Å²) in [5.41, 5.74) is 7.86.